The molecular weight excluding hydrogens is 597 g/mol. The van der Waals surface area contributed by atoms with Crippen molar-refractivity contribution in [2.24, 2.45) is 0 Å². The number of nitrogens with zero attached hydrogens (tertiary/aromatic N) is 2. The van der Waals surface area contributed by atoms with Gasteiger partial charge in [0.05, 0.1) is 11.6 Å². The summed E-state index contributed by atoms with van der Waals surface area (Å²) in [7, 11) is 0. The zero-order chi connectivity index (χ0) is 32.4. The van der Waals surface area contributed by atoms with Gasteiger partial charge in [-0.3, -0.25) is 9.59 Å². The second-order valence-electron chi connectivity index (χ2n) is 11.2. The smallest absolute Gasteiger partial charge is 0.352 e. The molecule has 238 valence electrons. The van der Waals surface area contributed by atoms with Gasteiger partial charge in [0.25, 0.3) is 11.8 Å². The third-order valence-corrected chi connectivity index (χ3v) is 8.43. The SMILES string of the molecule is Cc1cc(C(=O)NCCCNCc2cccc(C(F)(F)F)c2)cc(C(=O)N2CCCC2c2nc(C)cs2)c1.Cc1ccccc1. The largest absolute Gasteiger partial charge is 0.416 e. The van der Waals surface area contributed by atoms with E-state index < -0.39 is 11.7 Å². The Morgan fingerprint density at radius 2 is 1.69 bits per heavy atom. The van der Waals surface area contributed by atoms with Crippen LogP contribution in [0.15, 0.2) is 78.2 Å². The lowest BCUT2D eigenvalue weighted by Gasteiger charge is -2.23. The van der Waals surface area contributed by atoms with Gasteiger partial charge in [0.15, 0.2) is 0 Å². The second kappa shape index (κ2) is 15.8. The van der Waals surface area contributed by atoms with Crippen molar-refractivity contribution >= 4 is 23.2 Å². The molecule has 1 atom stereocenters. The highest BCUT2D eigenvalue weighted by Crippen LogP contribution is 2.35. The minimum absolute atomic E-state index is 0.0394. The summed E-state index contributed by atoms with van der Waals surface area (Å²) in [6.45, 7) is 7.77. The van der Waals surface area contributed by atoms with Crippen molar-refractivity contribution in [2.75, 3.05) is 19.6 Å². The highest BCUT2D eigenvalue weighted by Gasteiger charge is 2.33. The maximum atomic E-state index is 13.4. The number of rotatable bonds is 9. The maximum Gasteiger partial charge on any atom is 0.416 e. The van der Waals surface area contributed by atoms with E-state index >= 15 is 0 Å². The number of aryl methyl sites for hydroxylation is 3. The molecule has 45 heavy (non-hydrogen) atoms. The number of hydrogen-bond donors (Lipinski definition) is 2. The lowest BCUT2D eigenvalue weighted by atomic mass is 10.0. The van der Waals surface area contributed by atoms with E-state index in [1.165, 1.54) is 11.6 Å². The molecule has 0 bridgehead atoms. The van der Waals surface area contributed by atoms with Crippen molar-refractivity contribution in [3.63, 3.8) is 0 Å². The van der Waals surface area contributed by atoms with Gasteiger partial charge in [-0.15, -0.1) is 11.3 Å². The van der Waals surface area contributed by atoms with Crippen LogP contribution >= 0.6 is 11.3 Å². The molecule has 1 aromatic heterocycles. The Labute approximate surface area is 266 Å². The number of halogens is 3. The molecule has 5 rings (SSSR count). The third kappa shape index (κ3) is 9.99. The Kier molecular flexibility index (Phi) is 11.9. The molecule has 2 amide bonds. The van der Waals surface area contributed by atoms with Crippen LogP contribution in [0.1, 0.15) is 79.0 Å². The summed E-state index contributed by atoms with van der Waals surface area (Å²) in [6, 6.07) is 20.6. The van der Waals surface area contributed by atoms with Crippen LogP contribution in [0.4, 0.5) is 13.2 Å². The first-order valence-electron chi connectivity index (χ1n) is 15.0. The van der Waals surface area contributed by atoms with Gasteiger partial charge in [-0.1, -0.05) is 54.1 Å². The third-order valence-electron chi connectivity index (χ3n) is 7.36. The van der Waals surface area contributed by atoms with Crippen LogP contribution in [0.5, 0.6) is 0 Å². The average Bonchev–Trinajstić information content (AvgIpc) is 3.68. The Morgan fingerprint density at radius 1 is 0.933 bits per heavy atom. The summed E-state index contributed by atoms with van der Waals surface area (Å²) < 4.78 is 38.5. The highest BCUT2D eigenvalue weighted by molar-refractivity contribution is 7.09. The molecule has 1 fully saturated rings. The van der Waals surface area contributed by atoms with E-state index in [0.717, 1.165) is 41.2 Å². The van der Waals surface area contributed by atoms with Crippen LogP contribution in [-0.2, 0) is 12.7 Å². The normalized spacial score (nSPS) is 14.5. The van der Waals surface area contributed by atoms with E-state index in [4.69, 9.17) is 0 Å². The molecule has 4 aromatic rings. The molecule has 0 spiro atoms. The zero-order valence-electron chi connectivity index (χ0n) is 25.8. The topological polar surface area (TPSA) is 74.3 Å². The van der Waals surface area contributed by atoms with Gasteiger partial charge in [-0.2, -0.15) is 13.2 Å². The minimum Gasteiger partial charge on any atom is -0.352 e. The van der Waals surface area contributed by atoms with Gasteiger partial charge in [-0.05, 0) is 82.0 Å². The number of benzene rings is 3. The molecule has 2 N–H and O–H groups in total. The molecule has 0 aliphatic carbocycles. The summed E-state index contributed by atoms with van der Waals surface area (Å²) in [6.07, 6.45) is -1.97. The Balaban J connectivity index is 0.000000580. The molecule has 0 saturated carbocycles. The van der Waals surface area contributed by atoms with E-state index in [-0.39, 0.29) is 17.9 Å². The van der Waals surface area contributed by atoms with Crippen LogP contribution in [0, 0.1) is 20.8 Å². The van der Waals surface area contributed by atoms with Gasteiger partial charge in [0, 0.05) is 41.8 Å². The average molecular weight is 637 g/mol. The quantitative estimate of drug-likeness (QED) is 0.185. The summed E-state index contributed by atoms with van der Waals surface area (Å²) in [5.41, 5.74) is 3.88. The number of alkyl halides is 3. The standard InChI is InChI=1S/C28H31F3N4O2S.C7H8/c1-18-12-21(15-22(13-18)27(37)35-11-4-8-24(35)26-34-19(2)17-38-26)25(36)33-10-5-9-32-16-20-6-3-7-23(14-20)28(29,30)31;1-7-5-3-2-4-6-7/h3,6-7,12-15,17,24,32H,4-5,8-11,16H2,1-2H3,(H,33,36);2-6H,1H3. The van der Waals surface area contributed by atoms with Crippen LogP contribution < -0.4 is 10.6 Å². The van der Waals surface area contributed by atoms with E-state index in [2.05, 4.69) is 34.7 Å². The lowest BCUT2D eigenvalue weighted by Crippen LogP contribution is -2.31. The van der Waals surface area contributed by atoms with Crippen molar-refractivity contribution in [1.29, 1.82) is 0 Å². The molecule has 3 aromatic carbocycles. The van der Waals surface area contributed by atoms with Crippen LogP contribution in [0.3, 0.4) is 0 Å². The Bertz CT molecular complexity index is 1570. The summed E-state index contributed by atoms with van der Waals surface area (Å²) in [5, 5.41) is 8.91. The number of hydrogen-bond acceptors (Lipinski definition) is 5. The number of carbonyl (C=O) groups excluding carboxylic acids is 2. The van der Waals surface area contributed by atoms with E-state index in [9.17, 15) is 22.8 Å². The fraction of sp³-hybridized carbons (Fsp3) is 0.343. The van der Waals surface area contributed by atoms with E-state index in [1.807, 2.05) is 42.3 Å². The van der Waals surface area contributed by atoms with Crippen molar-refractivity contribution in [3.8, 4) is 0 Å². The molecule has 0 radical (unpaired) electrons. The molecule has 6 nitrogen and oxygen atoms in total. The molecular formula is C35H39F3N4O2S. The second-order valence-corrected chi connectivity index (χ2v) is 12.1. The number of amides is 2. The van der Waals surface area contributed by atoms with E-state index in [1.54, 1.807) is 35.6 Å². The number of likely N-dealkylation sites (tertiary alicyclic amines) is 1. The predicted molar refractivity (Wildman–Crippen MR) is 172 cm³/mol. The fourth-order valence-electron chi connectivity index (χ4n) is 5.14. The van der Waals surface area contributed by atoms with E-state index in [0.29, 0.717) is 49.3 Å². The predicted octanol–water partition coefficient (Wildman–Crippen LogP) is 7.66. The molecule has 1 saturated heterocycles. The van der Waals surface area contributed by atoms with Gasteiger partial charge < -0.3 is 15.5 Å². The van der Waals surface area contributed by atoms with Crippen LogP contribution in [0.25, 0.3) is 0 Å². The number of carbonyl (C=O) groups is 2. The minimum atomic E-state index is -4.36. The molecule has 2 heterocycles. The first kappa shape index (κ1) is 33.9. The number of aromatic nitrogens is 1. The highest BCUT2D eigenvalue weighted by atomic mass is 32.1. The van der Waals surface area contributed by atoms with Crippen LogP contribution in [0.2, 0.25) is 0 Å². The van der Waals surface area contributed by atoms with Crippen molar-refractivity contribution < 1.29 is 22.8 Å². The fourth-order valence-corrected chi connectivity index (χ4v) is 6.08. The lowest BCUT2D eigenvalue weighted by molar-refractivity contribution is -0.137. The van der Waals surface area contributed by atoms with Gasteiger partial charge >= 0.3 is 6.18 Å². The van der Waals surface area contributed by atoms with Gasteiger partial charge in [0.2, 0.25) is 0 Å². The van der Waals surface area contributed by atoms with Crippen LogP contribution in [-0.4, -0.2) is 41.3 Å². The Morgan fingerprint density at radius 3 is 2.36 bits per heavy atom. The summed E-state index contributed by atoms with van der Waals surface area (Å²) >= 11 is 1.57. The van der Waals surface area contributed by atoms with Crippen molar-refractivity contribution in [3.05, 3.63) is 122 Å². The zero-order valence-corrected chi connectivity index (χ0v) is 26.6. The molecule has 10 heteroatoms. The monoisotopic (exact) mass is 636 g/mol. The molecule has 1 aliphatic heterocycles. The molecule has 1 unspecified atom stereocenters. The Hall–Kier alpha value is -4.02. The number of thiazole rings is 1. The first-order chi connectivity index (χ1) is 21.5. The number of nitrogens with one attached hydrogen (secondary N) is 2. The first-order valence-corrected chi connectivity index (χ1v) is 15.9. The van der Waals surface area contributed by atoms with Gasteiger partial charge in [0.1, 0.15) is 5.01 Å². The maximum absolute atomic E-state index is 13.4. The van der Waals surface area contributed by atoms with Crippen molar-refractivity contribution in [2.45, 2.75) is 58.8 Å². The molecule has 1 aliphatic rings. The summed E-state index contributed by atoms with van der Waals surface area (Å²) in [4.78, 5) is 32.6. The van der Waals surface area contributed by atoms with Gasteiger partial charge in [-0.25, -0.2) is 4.98 Å². The summed E-state index contributed by atoms with van der Waals surface area (Å²) in [5.74, 6) is -0.369. The van der Waals surface area contributed by atoms with Crippen molar-refractivity contribution in [1.82, 2.24) is 20.5 Å².